The zero-order valence-corrected chi connectivity index (χ0v) is 32.3. The molecule has 2 N–H and O–H groups in total. The molecular weight excluding hydrogens is 564 g/mol. The molecule has 0 spiro atoms. The van der Waals surface area contributed by atoms with Gasteiger partial charge in [0.15, 0.2) is 0 Å². The minimum Gasteiger partial charge on any atom is -0.354 e. The fraction of sp³-hybridized carbons (Fsp3) is 0.952. The number of unbranched alkanes of at least 4 members (excludes halogenated alkanes) is 20. The maximum absolute atomic E-state index is 12.0. The van der Waals surface area contributed by atoms with Crippen molar-refractivity contribution in [2.75, 3.05) is 0 Å². The van der Waals surface area contributed by atoms with Gasteiger partial charge in [-0.15, -0.1) is 0 Å². The molecular formula is C42H84N2O2. The van der Waals surface area contributed by atoms with Crippen LogP contribution in [0.5, 0.6) is 0 Å². The molecule has 4 nitrogen and oxygen atoms in total. The van der Waals surface area contributed by atoms with Crippen LogP contribution in [0, 0.1) is 11.8 Å². The van der Waals surface area contributed by atoms with Gasteiger partial charge in [-0.1, -0.05) is 181 Å². The Bertz CT molecular complexity index is 606. The van der Waals surface area contributed by atoms with Gasteiger partial charge in [0.05, 0.1) is 0 Å². The fourth-order valence-corrected chi connectivity index (χ4v) is 7.19. The predicted molar refractivity (Wildman–Crippen MR) is 203 cm³/mol. The van der Waals surface area contributed by atoms with Crippen LogP contribution in [-0.4, -0.2) is 23.9 Å². The van der Waals surface area contributed by atoms with Crippen molar-refractivity contribution in [3.63, 3.8) is 0 Å². The maximum Gasteiger partial charge on any atom is 0.220 e. The van der Waals surface area contributed by atoms with Crippen LogP contribution in [-0.2, 0) is 9.59 Å². The van der Waals surface area contributed by atoms with Gasteiger partial charge in [0.1, 0.15) is 0 Å². The van der Waals surface area contributed by atoms with Crippen molar-refractivity contribution in [2.45, 2.75) is 246 Å². The Labute approximate surface area is 289 Å². The van der Waals surface area contributed by atoms with Gasteiger partial charge in [0.25, 0.3) is 0 Å². The largest absolute Gasteiger partial charge is 0.354 e. The molecule has 2 atom stereocenters. The molecule has 0 aromatic rings. The second-order valence-electron chi connectivity index (χ2n) is 15.4. The van der Waals surface area contributed by atoms with Crippen LogP contribution in [0.3, 0.4) is 0 Å². The first-order valence-corrected chi connectivity index (χ1v) is 20.9. The Morgan fingerprint density at radius 3 is 0.870 bits per heavy atom. The standard InChI is InChI=1S/C42H84N2O2/c1-7-9-11-13-15-19-25-31-39(33-27-21-17-23-29-35-41(45)43-37(3)4)40(32-26-20-16-14-12-10-8-2)34-28-22-18-24-30-36-42(46)44-38(5)6/h37-40H,7-36H2,1-6H3,(H,43,45)(H,44,46). The van der Waals surface area contributed by atoms with Crippen molar-refractivity contribution in [1.29, 1.82) is 0 Å². The number of amides is 2. The molecule has 46 heavy (non-hydrogen) atoms. The topological polar surface area (TPSA) is 58.2 Å². The second kappa shape index (κ2) is 33.8. The van der Waals surface area contributed by atoms with Crippen LogP contribution >= 0.6 is 0 Å². The van der Waals surface area contributed by atoms with E-state index in [2.05, 4.69) is 24.5 Å². The molecule has 0 aromatic carbocycles. The monoisotopic (exact) mass is 649 g/mol. The molecule has 0 bridgehead atoms. The lowest BCUT2D eigenvalue weighted by Gasteiger charge is -2.28. The molecule has 0 aliphatic carbocycles. The lowest BCUT2D eigenvalue weighted by atomic mass is 9.78. The third-order valence-corrected chi connectivity index (χ3v) is 9.88. The molecule has 0 heterocycles. The first-order chi connectivity index (χ1) is 22.3. The van der Waals surface area contributed by atoms with Crippen LogP contribution in [0.1, 0.15) is 234 Å². The number of hydrogen-bond donors (Lipinski definition) is 2. The van der Waals surface area contributed by atoms with E-state index in [1.807, 2.05) is 27.7 Å². The number of carbonyl (C=O) groups excluding carboxylic acids is 2. The summed E-state index contributed by atoms with van der Waals surface area (Å²) in [4.78, 5) is 23.9. The van der Waals surface area contributed by atoms with Crippen LogP contribution in [0.15, 0.2) is 0 Å². The summed E-state index contributed by atoms with van der Waals surface area (Å²) < 4.78 is 0. The van der Waals surface area contributed by atoms with E-state index in [1.54, 1.807) is 0 Å². The third-order valence-electron chi connectivity index (χ3n) is 9.88. The molecule has 0 aromatic heterocycles. The van der Waals surface area contributed by atoms with Crippen molar-refractivity contribution in [2.24, 2.45) is 11.8 Å². The molecule has 0 rings (SSSR count). The molecule has 2 unspecified atom stereocenters. The summed E-state index contributed by atoms with van der Waals surface area (Å²) in [7, 11) is 0. The van der Waals surface area contributed by atoms with E-state index in [9.17, 15) is 9.59 Å². The van der Waals surface area contributed by atoms with Gasteiger partial charge in [0, 0.05) is 24.9 Å². The lowest BCUT2D eigenvalue weighted by molar-refractivity contribution is -0.122. The number of hydrogen-bond acceptors (Lipinski definition) is 2. The average molecular weight is 649 g/mol. The molecule has 0 saturated heterocycles. The van der Waals surface area contributed by atoms with Gasteiger partial charge in [-0.05, 0) is 52.4 Å². The highest BCUT2D eigenvalue weighted by atomic mass is 16.2. The summed E-state index contributed by atoms with van der Waals surface area (Å²) in [5, 5.41) is 6.06. The van der Waals surface area contributed by atoms with Gasteiger partial charge in [-0.3, -0.25) is 9.59 Å². The SMILES string of the molecule is CCCCCCCCCC(CCCCCCCC(=O)NC(C)C)C(CCCCCCCCC)CCCCCCCC(=O)NC(C)C. The number of carbonyl (C=O) groups is 2. The van der Waals surface area contributed by atoms with Crippen molar-refractivity contribution in [3.8, 4) is 0 Å². The van der Waals surface area contributed by atoms with Gasteiger partial charge >= 0.3 is 0 Å². The maximum atomic E-state index is 12.0. The summed E-state index contributed by atoms with van der Waals surface area (Å²) >= 11 is 0. The van der Waals surface area contributed by atoms with Gasteiger partial charge < -0.3 is 10.6 Å². The lowest BCUT2D eigenvalue weighted by Crippen LogP contribution is -2.29. The summed E-state index contributed by atoms with van der Waals surface area (Å²) in [6.45, 7) is 12.8. The highest BCUT2D eigenvalue weighted by Crippen LogP contribution is 2.34. The molecule has 0 fully saturated rings. The van der Waals surface area contributed by atoms with E-state index in [4.69, 9.17) is 0 Å². The fourth-order valence-electron chi connectivity index (χ4n) is 7.19. The van der Waals surface area contributed by atoms with Crippen molar-refractivity contribution < 1.29 is 9.59 Å². The Morgan fingerprint density at radius 1 is 0.370 bits per heavy atom. The number of nitrogens with one attached hydrogen (secondary N) is 2. The smallest absolute Gasteiger partial charge is 0.220 e. The Balaban J connectivity index is 4.87. The molecule has 274 valence electrons. The van der Waals surface area contributed by atoms with Crippen molar-refractivity contribution in [1.82, 2.24) is 10.6 Å². The first-order valence-electron chi connectivity index (χ1n) is 20.9. The van der Waals surface area contributed by atoms with Crippen LogP contribution < -0.4 is 10.6 Å². The van der Waals surface area contributed by atoms with Crippen LogP contribution in [0.4, 0.5) is 0 Å². The molecule has 2 amide bonds. The molecule has 0 aliphatic heterocycles. The molecule has 4 heteroatoms. The van der Waals surface area contributed by atoms with E-state index < -0.39 is 0 Å². The molecule has 0 saturated carbocycles. The summed E-state index contributed by atoms with van der Waals surface area (Å²) in [5.74, 6) is 2.23. The van der Waals surface area contributed by atoms with E-state index >= 15 is 0 Å². The Hall–Kier alpha value is -1.06. The van der Waals surface area contributed by atoms with Gasteiger partial charge in [-0.25, -0.2) is 0 Å². The van der Waals surface area contributed by atoms with Gasteiger partial charge in [-0.2, -0.15) is 0 Å². The third kappa shape index (κ3) is 31.5. The van der Waals surface area contributed by atoms with Crippen molar-refractivity contribution in [3.05, 3.63) is 0 Å². The zero-order chi connectivity index (χ0) is 34.1. The second-order valence-corrected chi connectivity index (χ2v) is 15.4. The van der Waals surface area contributed by atoms with E-state index in [1.165, 1.54) is 167 Å². The van der Waals surface area contributed by atoms with E-state index in [0.717, 1.165) is 24.7 Å². The quantitative estimate of drug-likeness (QED) is 0.0672. The summed E-state index contributed by atoms with van der Waals surface area (Å²) in [6, 6.07) is 0.495. The highest BCUT2D eigenvalue weighted by molar-refractivity contribution is 5.76. The molecule has 0 aliphatic rings. The van der Waals surface area contributed by atoms with Crippen LogP contribution in [0.25, 0.3) is 0 Å². The van der Waals surface area contributed by atoms with E-state index in [0.29, 0.717) is 12.8 Å². The Kier molecular flexibility index (Phi) is 33.0. The molecule has 0 radical (unpaired) electrons. The van der Waals surface area contributed by atoms with Crippen LogP contribution in [0.2, 0.25) is 0 Å². The highest BCUT2D eigenvalue weighted by Gasteiger charge is 2.21. The number of rotatable bonds is 35. The Morgan fingerprint density at radius 2 is 0.609 bits per heavy atom. The minimum atomic E-state index is 0.217. The normalized spacial score (nSPS) is 13.0. The summed E-state index contributed by atoms with van der Waals surface area (Å²) in [6.07, 6.45) is 39.2. The first kappa shape index (κ1) is 44.9. The predicted octanol–water partition coefficient (Wildman–Crippen LogP) is 13.0. The van der Waals surface area contributed by atoms with Gasteiger partial charge in [0.2, 0.25) is 11.8 Å². The average Bonchev–Trinajstić information content (AvgIpc) is 3.00. The van der Waals surface area contributed by atoms with E-state index in [-0.39, 0.29) is 23.9 Å². The summed E-state index contributed by atoms with van der Waals surface area (Å²) in [5.41, 5.74) is 0. The minimum absolute atomic E-state index is 0.217. The zero-order valence-electron chi connectivity index (χ0n) is 32.3. The van der Waals surface area contributed by atoms with Crippen molar-refractivity contribution >= 4 is 11.8 Å².